The van der Waals surface area contributed by atoms with Crippen LogP contribution >= 0.6 is 0 Å². The highest BCUT2D eigenvalue weighted by Gasteiger charge is 2.31. The minimum Gasteiger partial charge on any atom is -0.338 e. The highest BCUT2D eigenvalue weighted by molar-refractivity contribution is 5.79. The number of halogens is 1. The number of hydrogen-bond donors (Lipinski definition) is 1. The zero-order chi connectivity index (χ0) is 17.6. The molecule has 1 atom stereocenters. The van der Waals surface area contributed by atoms with E-state index < -0.39 is 0 Å². The second-order valence-corrected chi connectivity index (χ2v) is 6.66. The number of rotatable bonds is 7. The molecule has 25 heavy (non-hydrogen) atoms. The van der Waals surface area contributed by atoms with Crippen LogP contribution in [0.15, 0.2) is 48.7 Å². The highest BCUT2D eigenvalue weighted by atomic mass is 19.1. The molecule has 1 fully saturated rings. The van der Waals surface area contributed by atoms with Crippen LogP contribution < -0.4 is 5.32 Å². The molecule has 1 N–H and O–H groups in total. The number of nitrogens with one attached hydrogen (secondary N) is 1. The van der Waals surface area contributed by atoms with E-state index in [4.69, 9.17) is 0 Å². The Kier molecular flexibility index (Phi) is 5.76. The van der Waals surface area contributed by atoms with Gasteiger partial charge in [0.25, 0.3) is 0 Å². The second kappa shape index (κ2) is 8.21. The molecule has 1 aliphatic heterocycles. The van der Waals surface area contributed by atoms with Crippen molar-refractivity contribution in [1.82, 2.24) is 15.2 Å². The maximum Gasteiger partial charge on any atom is 0.226 e. The summed E-state index contributed by atoms with van der Waals surface area (Å²) in [6.45, 7) is 4.91. The normalized spacial score (nSPS) is 15.4. The van der Waals surface area contributed by atoms with Gasteiger partial charge in [-0.1, -0.05) is 25.1 Å². The zero-order valence-corrected chi connectivity index (χ0v) is 14.5. The highest BCUT2D eigenvalue weighted by Crippen LogP contribution is 2.20. The van der Waals surface area contributed by atoms with Crippen LogP contribution in [0.2, 0.25) is 0 Å². The lowest BCUT2D eigenvalue weighted by molar-refractivity contribution is -0.138. The predicted molar refractivity (Wildman–Crippen MR) is 95.3 cm³/mol. The Hall–Kier alpha value is -2.27. The van der Waals surface area contributed by atoms with Gasteiger partial charge in [0.15, 0.2) is 0 Å². The van der Waals surface area contributed by atoms with Crippen LogP contribution in [0.4, 0.5) is 4.39 Å². The van der Waals surface area contributed by atoms with E-state index in [1.807, 2.05) is 30.0 Å². The van der Waals surface area contributed by atoms with Gasteiger partial charge in [-0.3, -0.25) is 9.78 Å². The fourth-order valence-electron chi connectivity index (χ4n) is 3.03. The lowest BCUT2D eigenvalue weighted by Crippen LogP contribution is -2.50. The minimum absolute atomic E-state index is 0.00886. The molecule has 0 spiro atoms. The summed E-state index contributed by atoms with van der Waals surface area (Å²) < 4.78 is 13.1. The van der Waals surface area contributed by atoms with Crippen molar-refractivity contribution in [1.29, 1.82) is 0 Å². The van der Waals surface area contributed by atoms with Gasteiger partial charge in [-0.15, -0.1) is 0 Å². The standard InChI is InChI=1S/C20H24FN3O/c1-15(17-12-22-13-17)20(25)24(11-9-19-4-2-3-10-23-19)14-16-5-7-18(21)8-6-16/h2-8,10,15,17,22H,9,11-14H2,1H3. The third kappa shape index (κ3) is 4.63. The van der Waals surface area contributed by atoms with Crippen molar-refractivity contribution in [3.05, 3.63) is 65.7 Å². The predicted octanol–water partition coefficient (Wildman–Crippen LogP) is 2.65. The summed E-state index contributed by atoms with van der Waals surface area (Å²) in [5, 5.41) is 3.23. The number of hydrogen-bond acceptors (Lipinski definition) is 3. The van der Waals surface area contributed by atoms with Gasteiger partial charge in [-0.25, -0.2) is 4.39 Å². The van der Waals surface area contributed by atoms with Crippen molar-refractivity contribution in [2.45, 2.75) is 19.9 Å². The Morgan fingerprint density at radius 1 is 1.28 bits per heavy atom. The Bertz CT molecular complexity index is 686. The molecular formula is C20H24FN3O. The van der Waals surface area contributed by atoms with Crippen molar-refractivity contribution < 1.29 is 9.18 Å². The molecule has 0 radical (unpaired) electrons. The maximum absolute atomic E-state index is 13.1. The summed E-state index contributed by atoms with van der Waals surface area (Å²) in [5.74, 6) is 0.291. The average molecular weight is 341 g/mol. The smallest absolute Gasteiger partial charge is 0.226 e. The van der Waals surface area contributed by atoms with E-state index in [0.717, 1.165) is 24.3 Å². The molecule has 1 aromatic carbocycles. The van der Waals surface area contributed by atoms with Crippen molar-refractivity contribution in [3.63, 3.8) is 0 Å². The van der Waals surface area contributed by atoms with Crippen molar-refractivity contribution >= 4 is 5.91 Å². The lowest BCUT2D eigenvalue weighted by atomic mass is 9.87. The first-order valence-corrected chi connectivity index (χ1v) is 8.77. The van der Waals surface area contributed by atoms with Crippen LogP contribution in [0.1, 0.15) is 18.2 Å². The fraction of sp³-hybridized carbons (Fsp3) is 0.400. The van der Waals surface area contributed by atoms with E-state index in [0.29, 0.717) is 25.4 Å². The molecule has 4 nitrogen and oxygen atoms in total. The molecule has 1 unspecified atom stereocenters. The van der Waals surface area contributed by atoms with Gasteiger partial charge in [0, 0.05) is 37.3 Å². The van der Waals surface area contributed by atoms with Gasteiger partial charge in [0.2, 0.25) is 5.91 Å². The number of nitrogens with zero attached hydrogens (tertiary/aromatic N) is 2. The third-order valence-corrected chi connectivity index (χ3v) is 4.87. The lowest BCUT2D eigenvalue weighted by Gasteiger charge is -2.35. The van der Waals surface area contributed by atoms with Crippen LogP contribution in [0.25, 0.3) is 0 Å². The quantitative estimate of drug-likeness (QED) is 0.842. The second-order valence-electron chi connectivity index (χ2n) is 6.66. The largest absolute Gasteiger partial charge is 0.338 e. The molecule has 1 aliphatic rings. The molecule has 0 aliphatic carbocycles. The van der Waals surface area contributed by atoms with E-state index in [2.05, 4.69) is 10.3 Å². The molecule has 0 bridgehead atoms. The molecule has 5 heteroatoms. The molecular weight excluding hydrogens is 317 g/mol. The maximum atomic E-state index is 13.1. The number of pyridine rings is 1. The first-order chi connectivity index (χ1) is 12.1. The molecule has 3 rings (SSSR count). The molecule has 0 saturated carbocycles. The SMILES string of the molecule is CC(C(=O)N(CCc1ccccn1)Cc1ccc(F)cc1)C1CNC1. The molecule has 2 heterocycles. The monoisotopic (exact) mass is 341 g/mol. The summed E-state index contributed by atoms with van der Waals surface area (Å²) in [4.78, 5) is 19.2. The molecule has 2 aromatic rings. The number of aromatic nitrogens is 1. The van der Waals surface area contributed by atoms with Gasteiger partial charge >= 0.3 is 0 Å². The van der Waals surface area contributed by atoms with E-state index in [9.17, 15) is 9.18 Å². The average Bonchev–Trinajstić information content (AvgIpc) is 2.59. The topological polar surface area (TPSA) is 45.2 Å². The van der Waals surface area contributed by atoms with Crippen molar-refractivity contribution in [2.24, 2.45) is 11.8 Å². The number of amides is 1. The van der Waals surface area contributed by atoms with E-state index in [-0.39, 0.29) is 17.6 Å². The summed E-state index contributed by atoms with van der Waals surface area (Å²) in [6.07, 6.45) is 2.48. The summed E-state index contributed by atoms with van der Waals surface area (Å²) in [6, 6.07) is 12.2. The van der Waals surface area contributed by atoms with Crippen LogP contribution in [0.3, 0.4) is 0 Å². The Morgan fingerprint density at radius 2 is 2.04 bits per heavy atom. The van der Waals surface area contributed by atoms with Gasteiger partial charge in [0.1, 0.15) is 5.82 Å². The molecule has 1 saturated heterocycles. The van der Waals surface area contributed by atoms with Crippen LogP contribution in [0.5, 0.6) is 0 Å². The Labute approximate surface area is 148 Å². The van der Waals surface area contributed by atoms with E-state index >= 15 is 0 Å². The van der Waals surface area contributed by atoms with Crippen molar-refractivity contribution in [3.8, 4) is 0 Å². The number of carbonyl (C=O) groups excluding carboxylic acids is 1. The van der Waals surface area contributed by atoms with Gasteiger partial charge in [-0.05, 0) is 48.8 Å². The zero-order valence-electron chi connectivity index (χ0n) is 14.5. The van der Waals surface area contributed by atoms with Gasteiger partial charge in [-0.2, -0.15) is 0 Å². The van der Waals surface area contributed by atoms with Crippen LogP contribution in [-0.4, -0.2) is 35.4 Å². The fourth-order valence-corrected chi connectivity index (χ4v) is 3.03. The molecule has 1 amide bonds. The van der Waals surface area contributed by atoms with E-state index in [1.54, 1.807) is 18.3 Å². The molecule has 1 aromatic heterocycles. The first-order valence-electron chi connectivity index (χ1n) is 8.77. The third-order valence-electron chi connectivity index (χ3n) is 4.87. The van der Waals surface area contributed by atoms with Crippen LogP contribution in [-0.2, 0) is 17.8 Å². The van der Waals surface area contributed by atoms with E-state index in [1.165, 1.54) is 12.1 Å². The molecule has 132 valence electrons. The van der Waals surface area contributed by atoms with Gasteiger partial charge < -0.3 is 10.2 Å². The van der Waals surface area contributed by atoms with Crippen LogP contribution in [0, 0.1) is 17.7 Å². The number of benzene rings is 1. The summed E-state index contributed by atoms with van der Waals surface area (Å²) in [5.41, 5.74) is 1.91. The van der Waals surface area contributed by atoms with Gasteiger partial charge in [0.05, 0.1) is 0 Å². The minimum atomic E-state index is -0.260. The number of carbonyl (C=O) groups is 1. The summed E-state index contributed by atoms with van der Waals surface area (Å²) >= 11 is 0. The summed E-state index contributed by atoms with van der Waals surface area (Å²) in [7, 11) is 0. The van der Waals surface area contributed by atoms with Crippen molar-refractivity contribution in [2.75, 3.05) is 19.6 Å². The Balaban J connectivity index is 1.69. The Morgan fingerprint density at radius 3 is 2.64 bits per heavy atom. The first kappa shape index (κ1) is 17.5.